The van der Waals surface area contributed by atoms with E-state index in [1.165, 1.54) is 6.07 Å². The second-order valence-corrected chi connectivity index (χ2v) is 4.19. The molecule has 0 amide bonds. The maximum atomic E-state index is 13.2. The number of fused-ring (bicyclic) bond motifs is 1. The van der Waals surface area contributed by atoms with Gasteiger partial charge in [0.05, 0.1) is 11.1 Å². The number of hydrogen-bond acceptors (Lipinski definition) is 1. The number of nitrogens with zero attached hydrogens (tertiary/aromatic N) is 4. The Morgan fingerprint density at radius 1 is 1.53 bits per heavy atom. The van der Waals surface area contributed by atoms with E-state index < -0.39 is 5.82 Å². The predicted molar refractivity (Wildman–Crippen MR) is 65.5 cm³/mol. The second kappa shape index (κ2) is 4.65. The van der Waals surface area contributed by atoms with E-state index in [0.717, 1.165) is 5.52 Å². The van der Waals surface area contributed by atoms with Crippen LogP contribution >= 0.6 is 11.6 Å². The van der Waals surface area contributed by atoms with Gasteiger partial charge in [-0.1, -0.05) is 23.6 Å². The lowest BCUT2D eigenvalue weighted by Crippen LogP contribution is -2.08. The van der Waals surface area contributed by atoms with Crippen molar-refractivity contribution in [3.63, 3.8) is 0 Å². The Morgan fingerprint density at radius 3 is 3.00 bits per heavy atom. The van der Waals surface area contributed by atoms with Crippen LogP contribution in [0.1, 0.15) is 6.92 Å². The monoisotopic (exact) mass is 252 g/mol. The van der Waals surface area contributed by atoms with E-state index in [2.05, 4.69) is 10.0 Å². The largest absolute Gasteiger partial charge is 0.347 e. The van der Waals surface area contributed by atoms with Gasteiger partial charge in [0.25, 0.3) is 0 Å². The average molecular weight is 253 g/mol. The molecule has 0 aliphatic carbocycles. The minimum Gasteiger partial charge on any atom is -0.347 e. The van der Waals surface area contributed by atoms with Crippen LogP contribution < -0.4 is 0 Å². The fourth-order valence-electron chi connectivity index (χ4n) is 1.78. The highest BCUT2D eigenvalue weighted by atomic mass is 35.5. The molecule has 2 rings (SSSR count). The van der Waals surface area contributed by atoms with E-state index in [1.54, 1.807) is 18.3 Å². The first-order chi connectivity index (χ1) is 8.13. The summed E-state index contributed by atoms with van der Waals surface area (Å²) in [5.74, 6) is -0.431. The van der Waals surface area contributed by atoms with Crippen LogP contribution in [0.15, 0.2) is 29.5 Å². The van der Waals surface area contributed by atoms with Crippen LogP contribution in [0.4, 0.5) is 4.39 Å². The van der Waals surface area contributed by atoms with Crippen molar-refractivity contribution in [2.45, 2.75) is 19.5 Å². The van der Waals surface area contributed by atoms with E-state index >= 15 is 0 Å². The highest BCUT2D eigenvalue weighted by molar-refractivity contribution is 6.35. The molecule has 0 bridgehead atoms. The first kappa shape index (κ1) is 11.8. The van der Waals surface area contributed by atoms with Crippen molar-refractivity contribution < 1.29 is 4.39 Å². The third-order valence-electron chi connectivity index (χ3n) is 2.55. The second-order valence-electron chi connectivity index (χ2n) is 3.82. The van der Waals surface area contributed by atoms with E-state index in [1.807, 2.05) is 11.5 Å². The summed E-state index contributed by atoms with van der Waals surface area (Å²) in [5, 5.41) is 4.39. The van der Waals surface area contributed by atoms with Crippen LogP contribution in [0.5, 0.6) is 0 Å². The molecule has 0 N–H and O–H groups in total. The molecule has 0 unspecified atom stereocenters. The zero-order valence-corrected chi connectivity index (χ0v) is 9.89. The van der Waals surface area contributed by atoms with Crippen LogP contribution in [0.3, 0.4) is 0 Å². The molecule has 6 heteroatoms. The first-order valence-electron chi connectivity index (χ1n) is 5.10. The summed E-state index contributed by atoms with van der Waals surface area (Å²) in [6, 6.07) is 4.59. The Kier molecular flexibility index (Phi) is 3.22. The number of aromatic nitrogens is 1. The summed E-state index contributed by atoms with van der Waals surface area (Å²) in [6.07, 6.45) is 1.80. The minimum absolute atomic E-state index is 0.123. The zero-order valence-electron chi connectivity index (χ0n) is 9.14. The minimum atomic E-state index is -0.431. The third kappa shape index (κ3) is 2.20. The Hall–Kier alpha value is -1.71. The zero-order chi connectivity index (χ0) is 12.4. The molecule has 0 aliphatic heterocycles. The van der Waals surface area contributed by atoms with Gasteiger partial charge in [0.2, 0.25) is 0 Å². The van der Waals surface area contributed by atoms with Crippen molar-refractivity contribution in [2.24, 2.45) is 5.11 Å². The maximum Gasteiger partial charge on any atom is 0.142 e. The molecular weight excluding hydrogens is 243 g/mol. The first-order valence-corrected chi connectivity index (χ1v) is 5.48. The van der Waals surface area contributed by atoms with Gasteiger partial charge in [-0.05, 0) is 23.7 Å². The molecule has 1 aromatic carbocycles. The van der Waals surface area contributed by atoms with Gasteiger partial charge in [0, 0.05) is 28.6 Å². The van der Waals surface area contributed by atoms with Crippen LogP contribution in [-0.2, 0) is 6.54 Å². The van der Waals surface area contributed by atoms with Gasteiger partial charge in [-0.15, -0.1) is 0 Å². The molecule has 4 nitrogen and oxygen atoms in total. The Bertz CT molecular complexity index is 601. The summed E-state index contributed by atoms with van der Waals surface area (Å²) in [6.45, 7) is 2.35. The van der Waals surface area contributed by atoms with Gasteiger partial charge >= 0.3 is 0 Å². The standard InChI is InChI=1S/C11H10ClFN4/c1-7(15-16-14)6-17-5-4-8-10(17)3-2-9(13)11(8)12/h2-5,7H,6H2,1H3/t7-/m1/s1. The molecule has 0 radical (unpaired) electrons. The lowest BCUT2D eigenvalue weighted by atomic mass is 10.2. The van der Waals surface area contributed by atoms with Crippen LogP contribution in [0, 0.1) is 5.82 Å². The molecule has 1 aromatic heterocycles. The SMILES string of the molecule is C[C@H](Cn1ccc2c(Cl)c(F)ccc21)N=[N+]=[N-]. The molecular formula is C11H10ClFN4. The number of rotatable bonds is 3. The van der Waals surface area contributed by atoms with Gasteiger partial charge < -0.3 is 4.57 Å². The van der Waals surface area contributed by atoms with E-state index in [-0.39, 0.29) is 11.1 Å². The summed E-state index contributed by atoms with van der Waals surface area (Å²) >= 11 is 5.87. The molecule has 1 heterocycles. The topological polar surface area (TPSA) is 53.7 Å². The number of benzene rings is 1. The summed E-state index contributed by atoms with van der Waals surface area (Å²) in [7, 11) is 0. The van der Waals surface area contributed by atoms with Crippen LogP contribution in [-0.4, -0.2) is 10.6 Å². The smallest absolute Gasteiger partial charge is 0.142 e. The lowest BCUT2D eigenvalue weighted by Gasteiger charge is -2.08. The predicted octanol–water partition coefficient (Wildman–Crippen LogP) is 4.13. The van der Waals surface area contributed by atoms with Crippen LogP contribution in [0.25, 0.3) is 21.3 Å². The van der Waals surface area contributed by atoms with Crippen molar-refractivity contribution >= 4 is 22.5 Å². The quantitative estimate of drug-likeness (QED) is 0.448. The van der Waals surface area contributed by atoms with E-state index in [4.69, 9.17) is 17.1 Å². The van der Waals surface area contributed by atoms with Crippen molar-refractivity contribution in [2.75, 3.05) is 0 Å². The van der Waals surface area contributed by atoms with Crippen molar-refractivity contribution in [3.05, 3.63) is 45.7 Å². The molecule has 0 saturated carbocycles. The number of halogens is 2. The van der Waals surface area contributed by atoms with Crippen LogP contribution in [0.2, 0.25) is 5.02 Å². The van der Waals surface area contributed by atoms with Gasteiger partial charge in [0.1, 0.15) is 5.82 Å². The maximum absolute atomic E-state index is 13.2. The van der Waals surface area contributed by atoms with Crippen molar-refractivity contribution in [1.82, 2.24) is 4.57 Å². The fourth-order valence-corrected chi connectivity index (χ4v) is 2.00. The van der Waals surface area contributed by atoms with Gasteiger partial charge in [-0.2, -0.15) is 0 Å². The van der Waals surface area contributed by atoms with Gasteiger partial charge in [-0.25, -0.2) is 4.39 Å². The summed E-state index contributed by atoms with van der Waals surface area (Å²) in [5.41, 5.74) is 9.17. The van der Waals surface area contributed by atoms with Gasteiger partial charge in [0.15, 0.2) is 0 Å². The lowest BCUT2D eigenvalue weighted by molar-refractivity contribution is 0.601. The molecule has 0 saturated heterocycles. The normalized spacial score (nSPS) is 12.4. The molecule has 17 heavy (non-hydrogen) atoms. The molecule has 2 aromatic rings. The van der Waals surface area contributed by atoms with Crippen molar-refractivity contribution in [1.29, 1.82) is 0 Å². The highest BCUT2D eigenvalue weighted by Crippen LogP contribution is 2.27. The Morgan fingerprint density at radius 2 is 2.29 bits per heavy atom. The molecule has 1 atom stereocenters. The molecule has 0 spiro atoms. The third-order valence-corrected chi connectivity index (χ3v) is 2.93. The number of hydrogen-bond donors (Lipinski definition) is 0. The Balaban J connectivity index is 2.43. The molecule has 0 aliphatic rings. The summed E-state index contributed by atoms with van der Waals surface area (Å²) < 4.78 is 15.1. The summed E-state index contributed by atoms with van der Waals surface area (Å²) in [4.78, 5) is 2.75. The van der Waals surface area contributed by atoms with Gasteiger partial charge in [-0.3, -0.25) is 0 Å². The highest BCUT2D eigenvalue weighted by Gasteiger charge is 2.10. The number of azide groups is 1. The van der Waals surface area contributed by atoms with Crippen molar-refractivity contribution in [3.8, 4) is 0 Å². The molecule has 0 fully saturated rings. The molecule has 88 valence electrons. The van der Waals surface area contributed by atoms with E-state index in [9.17, 15) is 4.39 Å². The Labute approximate surface area is 102 Å². The average Bonchev–Trinajstić information content (AvgIpc) is 2.68. The fraction of sp³-hybridized carbons (Fsp3) is 0.273. The van der Waals surface area contributed by atoms with E-state index in [0.29, 0.717) is 11.9 Å².